The number of nitrogens with zero attached hydrogens (tertiary/aromatic N) is 1. The highest BCUT2D eigenvalue weighted by molar-refractivity contribution is 5.22. The van der Waals surface area contributed by atoms with Crippen LogP contribution in [0.15, 0.2) is 18.2 Å². The maximum absolute atomic E-state index is 13.8. The van der Waals surface area contributed by atoms with E-state index in [0.29, 0.717) is 11.5 Å². The van der Waals surface area contributed by atoms with E-state index in [2.05, 4.69) is 4.90 Å². The number of nitrogens with two attached hydrogens (primary N) is 1. The van der Waals surface area contributed by atoms with Crippen LogP contribution in [-0.2, 0) is 0 Å². The van der Waals surface area contributed by atoms with Gasteiger partial charge < -0.3 is 5.73 Å². The molecule has 1 fully saturated rings. The second-order valence-electron chi connectivity index (χ2n) is 5.40. The van der Waals surface area contributed by atoms with Gasteiger partial charge >= 0.3 is 0 Å². The number of hydrogen-bond acceptors (Lipinski definition) is 2. The van der Waals surface area contributed by atoms with Crippen LogP contribution in [-0.4, -0.2) is 24.5 Å². The van der Waals surface area contributed by atoms with Gasteiger partial charge in [0.25, 0.3) is 0 Å². The van der Waals surface area contributed by atoms with Gasteiger partial charge in [-0.2, -0.15) is 0 Å². The number of halogens is 2. The van der Waals surface area contributed by atoms with Crippen LogP contribution in [0.4, 0.5) is 8.78 Å². The van der Waals surface area contributed by atoms with Gasteiger partial charge in [-0.15, -0.1) is 0 Å². The van der Waals surface area contributed by atoms with Crippen molar-refractivity contribution < 1.29 is 8.78 Å². The monoisotopic (exact) mass is 268 g/mol. The third-order valence-corrected chi connectivity index (χ3v) is 4.18. The highest BCUT2D eigenvalue weighted by Crippen LogP contribution is 2.29. The maximum atomic E-state index is 13.8. The van der Waals surface area contributed by atoms with Crippen LogP contribution in [0.1, 0.15) is 37.8 Å². The van der Waals surface area contributed by atoms with E-state index in [1.165, 1.54) is 18.2 Å². The van der Waals surface area contributed by atoms with Gasteiger partial charge in [-0.1, -0.05) is 0 Å². The first-order valence-electron chi connectivity index (χ1n) is 7.01. The Bertz CT molecular complexity index is 415. The molecule has 0 aliphatic carbocycles. The SMILES string of the molecule is CC(c1cc(F)ccc1F)N1CCC(CCN)CC1. The summed E-state index contributed by atoms with van der Waals surface area (Å²) in [6.45, 7) is 4.55. The largest absolute Gasteiger partial charge is 0.330 e. The first-order valence-corrected chi connectivity index (χ1v) is 7.01. The maximum Gasteiger partial charge on any atom is 0.128 e. The van der Waals surface area contributed by atoms with Crippen LogP contribution in [0.2, 0.25) is 0 Å². The molecule has 0 saturated carbocycles. The van der Waals surface area contributed by atoms with Crippen molar-refractivity contribution >= 4 is 0 Å². The Morgan fingerprint density at radius 1 is 1.32 bits per heavy atom. The first-order chi connectivity index (χ1) is 9.11. The van der Waals surface area contributed by atoms with Crippen LogP contribution in [0.3, 0.4) is 0 Å². The summed E-state index contributed by atoms with van der Waals surface area (Å²) in [6, 6.07) is 3.61. The van der Waals surface area contributed by atoms with E-state index >= 15 is 0 Å². The second kappa shape index (κ2) is 6.44. The molecule has 1 aliphatic heterocycles. The van der Waals surface area contributed by atoms with Gasteiger partial charge in [0.05, 0.1) is 0 Å². The van der Waals surface area contributed by atoms with Gasteiger partial charge in [0, 0.05) is 11.6 Å². The zero-order valence-corrected chi connectivity index (χ0v) is 11.4. The van der Waals surface area contributed by atoms with E-state index < -0.39 is 0 Å². The van der Waals surface area contributed by atoms with E-state index in [4.69, 9.17) is 5.73 Å². The zero-order valence-electron chi connectivity index (χ0n) is 11.4. The molecular weight excluding hydrogens is 246 g/mol. The van der Waals surface area contributed by atoms with Crippen LogP contribution >= 0.6 is 0 Å². The Labute approximate surface area is 113 Å². The zero-order chi connectivity index (χ0) is 13.8. The molecule has 0 amide bonds. The predicted octanol–water partition coefficient (Wildman–Crippen LogP) is 3.09. The summed E-state index contributed by atoms with van der Waals surface area (Å²) in [7, 11) is 0. The molecule has 2 nitrogen and oxygen atoms in total. The van der Waals surface area contributed by atoms with Crippen LogP contribution in [0.5, 0.6) is 0 Å². The van der Waals surface area contributed by atoms with E-state index in [-0.39, 0.29) is 17.7 Å². The lowest BCUT2D eigenvalue weighted by Crippen LogP contribution is -2.36. The fraction of sp³-hybridized carbons (Fsp3) is 0.600. The number of piperidine rings is 1. The van der Waals surface area contributed by atoms with Crippen molar-refractivity contribution in [3.05, 3.63) is 35.4 Å². The van der Waals surface area contributed by atoms with Crippen molar-refractivity contribution in [3.63, 3.8) is 0 Å². The molecule has 0 bridgehead atoms. The molecule has 1 unspecified atom stereocenters. The molecule has 2 N–H and O–H groups in total. The smallest absolute Gasteiger partial charge is 0.128 e. The lowest BCUT2D eigenvalue weighted by atomic mass is 9.92. The third kappa shape index (κ3) is 3.51. The highest BCUT2D eigenvalue weighted by atomic mass is 19.1. The van der Waals surface area contributed by atoms with Crippen molar-refractivity contribution in [3.8, 4) is 0 Å². The van der Waals surface area contributed by atoms with Crippen LogP contribution in [0.25, 0.3) is 0 Å². The van der Waals surface area contributed by atoms with Crippen molar-refractivity contribution in [1.29, 1.82) is 0 Å². The van der Waals surface area contributed by atoms with Gasteiger partial charge in [-0.3, -0.25) is 4.90 Å². The predicted molar refractivity (Wildman–Crippen MR) is 72.7 cm³/mol. The fourth-order valence-corrected chi connectivity index (χ4v) is 2.90. The quantitative estimate of drug-likeness (QED) is 0.909. The minimum Gasteiger partial charge on any atom is -0.330 e. The summed E-state index contributed by atoms with van der Waals surface area (Å²) in [5, 5.41) is 0. The van der Waals surface area contributed by atoms with E-state index in [1.54, 1.807) is 0 Å². The molecule has 1 heterocycles. The molecule has 2 rings (SSSR count). The molecule has 1 aromatic rings. The summed E-state index contributed by atoms with van der Waals surface area (Å²) in [4.78, 5) is 2.23. The molecule has 1 saturated heterocycles. The second-order valence-corrected chi connectivity index (χ2v) is 5.40. The van der Waals surface area contributed by atoms with Gasteiger partial charge in [-0.25, -0.2) is 8.78 Å². The summed E-state index contributed by atoms with van der Waals surface area (Å²) in [6.07, 6.45) is 3.26. The summed E-state index contributed by atoms with van der Waals surface area (Å²) >= 11 is 0. The van der Waals surface area contributed by atoms with Crippen LogP contribution in [0, 0.1) is 17.6 Å². The first kappa shape index (κ1) is 14.4. The molecule has 19 heavy (non-hydrogen) atoms. The number of rotatable bonds is 4. The molecular formula is C15H22F2N2. The average molecular weight is 268 g/mol. The van der Waals surface area contributed by atoms with Crippen molar-refractivity contribution in [2.75, 3.05) is 19.6 Å². The van der Waals surface area contributed by atoms with Gasteiger partial charge in [0.15, 0.2) is 0 Å². The molecule has 0 radical (unpaired) electrons. The van der Waals surface area contributed by atoms with E-state index in [9.17, 15) is 8.78 Å². The summed E-state index contributed by atoms with van der Waals surface area (Å²) < 4.78 is 27.0. The van der Waals surface area contributed by atoms with Crippen molar-refractivity contribution in [2.45, 2.75) is 32.2 Å². The number of likely N-dealkylation sites (tertiary alicyclic amines) is 1. The van der Waals surface area contributed by atoms with E-state index in [1.807, 2.05) is 6.92 Å². The Morgan fingerprint density at radius 3 is 2.63 bits per heavy atom. The van der Waals surface area contributed by atoms with Gasteiger partial charge in [0.1, 0.15) is 11.6 Å². The molecule has 4 heteroatoms. The normalized spacial score (nSPS) is 19.6. The average Bonchev–Trinajstić information content (AvgIpc) is 2.42. The molecule has 106 valence electrons. The number of hydrogen-bond donors (Lipinski definition) is 1. The Balaban J connectivity index is 2.01. The molecule has 1 aliphatic rings. The molecule has 1 atom stereocenters. The summed E-state index contributed by atoms with van der Waals surface area (Å²) in [5.41, 5.74) is 6.03. The highest BCUT2D eigenvalue weighted by Gasteiger charge is 2.24. The van der Waals surface area contributed by atoms with Gasteiger partial charge in [-0.05, 0) is 69.9 Å². The molecule has 0 spiro atoms. The van der Waals surface area contributed by atoms with Crippen molar-refractivity contribution in [1.82, 2.24) is 4.90 Å². The Kier molecular flexibility index (Phi) is 4.88. The standard InChI is InChI=1S/C15H22F2N2/c1-11(14-10-13(16)2-3-15(14)17)19-8-5-12(4-7-18)6-9-19/h2-3,10-12H,4-9,18H2,1H3. The minimum absolute atomic E-state index is 0.0745. The van der Waals surface area contributed by atoms with Crippen molar-refractivity contribution in [2.24, 2.45) is 11.7 Å². The Morgan fingerprint density at radius 2 is 2.00 bits per heavy atom. The fourth-order valence-electron chi connectivity index (χ4n) is 2.90. The van der Waals surface area contributed by atoms with E-state index in [0.717, 1.165) is 38.9 Å². The topological polar surface area (TPSA) is 29.3 Å². The van der Waals surface area contributed by atoms with Crippen LogP contribution < -0.4 is 5.73 Å². The summed E-state index contributed by atoms with van der Waals surface area (Å²) in [5.74, 6) is -0.00921. The lowest BCUT2D eigenvalue weighted by Gasteiger charge is -2.36. The Hall–Kier alpha value is -1.00. The number of benzene rings is 1. The molecule has 1 aromatic carbocycles. The molecule has 0 aromatic heterocycles. The third-order valence-electron chi connectivity index (χ3n) is 4.18. The minimum atomic E-state index is -0.374. The lowest BCUT2D eigenvalue weighted by molar-refractivity contribution is 0.136. The van der Waals surface area contributed by atoms with Gasteiger partial charge in [0.2, 0.25) is 0 Å².